The van der Waals surface area contributed by atoms with Crippen LogP contribution in [0.5, 0.6) is 17.6 Å². The molecule has 0 unspecified atom stereocenters. The summed E-state index contributed by atoms with van der Waals surface area (Å²) < 4.78 is 81.9. The van der Waals surface area contributed by atoms with Crippen LogP contribution in [-0.4, -0.2) is 53.7 Å². The summed E-state index contributed by atoms with van der Waals surface area (Å²) in [5.74, 6) is -5.08. The van der Waals surface area contributed by atoms with Gasteiger partial charge < -0.3 is 24.1 Å². The largest absolute Gasteiger partial charge is 0.471 e. The van der Waals surface area contributed by atoms with Gasteiger partial charge in [0.25, 0.3) is 5.92 Å². The number of rotatable bonds is 9. The molecule has 1 N–H and O–H groups in total. The van der Waals surface area contributed by atoms with Gasteiger partial charge in [-0.05, 0) is 50.4 Å². The van der Waals surface area contributed by atoms with E-state index in [1.165, 1.54) is 13.2 Å². The van der Waals surface area contributed by atoms with Crippen LogP contribution in [0.3, 0.4) is 0 Å². The molecule has 7 nitrogen and oxygen atoms in total. The fraction of sp³-hybridized carbons (Fsp3) is 0.379. The molecule has 1 aliphatic rings. The Morgan fingerprint density at radius 3 is 2.44 bits per heavy atom. The molecule has 1 aromatic heterocycles. The lowest BCUT2D eigenvalue weighted by Gasteiger charge is -2.22. The molecule has 5 rings (SSSR count). The first kappa shape index (κ1) is 29.1. The molecule has 0 aliphatic heterocycles. The zero-order chi connectivity index (χ0) is 29.7. The molecule has 0 bridgehead atoms. The fourth-order valence-corrected chi connectivity index (χ4v) is 4.83. The first-order chi connectivity index (χ1) is 19.3. The van der Waals surface area contributed by atoms with Crippen molar-refractivity contribution in [1.82, 2.24) is 9.97 Å². The standard InChI is InChI=1S/C29H27ClF4N2O5/c1-27(2,3)41-25-18-10-20(31)22(17-9-16(40-14-38-4)8-15-6-5-7-19(30)21(15)17)23(32)24(18)35-26(36-25)39-13-28(12-37)11-29(28,33)34/h5-10,37H,11-14H2,1-4H3/t28-/m1/s1. The number of ether oxygens (including phenoxy) is 4. The molecular formula is C29H27ClF4N2O5. The number of aromatic nitrogens is 2. The van der Waals surface area contributed by atoms with E-state index in [4.69, 9.17) is 30.5 Å². The van der Waals surface area contributed by atoms with Crippen LogP contribution in [0.15, 0.2) is 36.4 Å². The average molecular weight is 595 g/mol. The van der Waals surface area contributed by atoms with E-state index >= 15 is 8.78 Å². The summed E-state index contributed by atoms with van der Waals surface area (Å²) in [6.45, 7) is 3.56. The maximum absolute atomic E-state index is 16.4. The number of nitrogens with zero attached hydrogens (tertiary/aromatic N) is 2. The first-order valence-corrected chi connectivity index (χ1v) is 13.0. The third-order valence-corrected chi connectivity index (χ3v) is 7.05. The molecule has 1 atom stereocenters. The highest BCUT2D eigenvalue weighted by molar-refractivity contribution is 6.36. The van der Waals surface area contributed by atoms with Crippen molar-refractivity contribution < 1.29 is 41.6 Å². The highest BCUT2D eigenvalue weighted by Crippen LogP contribution is 2.60. The highest BCUT2D eigenvalue weighted by Gasteiger charge is 2.71. The Morgan fingerprint density at radius 2 is 1.80 bits per heavy atom. The Kier molecular flexibility index (Phi) is 7.42. The zero-order valence-electron chi connectivity index (χ0n) is 22.7. The van der Waals surface area contributed by atoms with Gasteiger partial charge in [0.2, 0.25) is 5.88 Å². The summed E-state index contributed by atoms with van der Waals surface area (Å²) in [7, 11) is 1.44. The molecule has 0 spiro atoms. The zero-order valence-corrected chi connectivity index (χ0v) is 23.4. The SMILES string of the molecule is COCOc1cc(-c2c(F)cc3c(OC(C)(C)C)nc(OC[C@]4(CO)CC4(F)F)nc3c2F)c2c(Cl)cccc2c1. The molecule has 0 radical (unpaired) electrons. The van der Waals surface area contributed by atoms with Gasteiger partial charge in [-0.2, -0.15) is 9.97 Å². The van der Waals surface area contributed by atoms with Crippen LogP contribution in [-0.2, 0) is 4.74 Å². The lowest BCUT2D eigenvalue weighted by atomic mass is 9.95. The molecular weight excluding hydrogens is 568 g/mol. The summed E-state index contributed by atoms with van der Waals surface area (Å²) in [5.41, 5.74) is -3.37. The Morgan fingerprint density at radius 1 is 1.07 bits per heavy atom. The van der Waals surface area contributed by atoms with Crippen LogP contribution in [0.4, 0.5) is 17.6 Å². The van der Waals surface area contributed by atoms with E-state index in [-0.39, 0.29) is 39.9 Å². The Hall–Kier alpha value is -3.41. The second kappa shape index (κ2) is 10.5. The van der Waals surface area contributed by atoms with Crippen LogP contribution in [0, 0.1) is 17.0 Å². The normalized spacial score (nSPS) is 18.1. The number of aliphatic hydroxyl groups excluding tert-OH is 1. The van der Waals surface area contributed by atoms with Crippen molar-refractivity contribution in [1.29, 1.82) is 0 Å². The average Bonchev–Trinajstić information content (AvgIpc) is 3.46. The van der Waals surface area contributed by atoms with Crippen LogP contribution < -0.4 is 14.2 Å². The molecule has 1 fully saturated rings. The van der Waals surface area contributed by atoms with Gasteiger partial charge in [-0.1, -0.05) is 23.7 Å². The lowest BCUT2D eigenvalue weighted by Crippen LogP contribution is -2.26. The van der Waals surface area contributed by atoms with Crippen LogP contribution >= 0.6 is 11.6 Å². The number of fused-ring (bicyclic) bond motifs is 2. The third-order valence-electron chi connectivity index (χ3n) is 6.73. The second-order valence-electron chi connectivity index (χ2n) is 10.9. The Bertz CT molecular complexity index is 1650. The molecule has 3 aromatic carbocycles. The Labute approximate surface area is 238 Å². The summed E-state index contributed by atoms with van der Waals surface area (Å²) in [6, 6.07) is 8.67. The predicted octanol–water partition coefficient (Wildman–Crippen LogP) is 6.94. The summed E-state index contributed by atoms with van der Waals surface area (Å²) in [6.07, 6.45) is -0.575. The van der Waals surface area contributed by atoms with Gasteiger partial charge in [0.05, 0.1) is 23.0 Å². The van der Waals surface area contributed by atoms with E-state index in [0.717, 1.165) is 6.07 Å². The number of hydrogen-bond acceptors (Lipinski definition) is 7. The minimum absolute atomic E-state index is 0.0901. The molecule has 0 saturated heterocycles. The van der Waals surface area contributed by atoms with E-state index in [0.29, 0.717) is 10.8 Å². The van der Waals surface area contributed by atoms with Gasteiger partial charge in [0, 0.05) is 29.5 Å². The van der Waals surface area contributed by atoms with Crippen molar-refractivity contribution in [3.63, 3.8) is 0 Å². The molecule has 41 heavy (non-hydrogen) atoms. The second-order valence-corrected chi connectivity index (χ2v) is 11.3. The molecule has 4 aromatic rings. The van der Waals surface area contributed by atoms with Gasteiger partial charge in [0.15, 0.2) is 12.6 Å². The number of aliphatic hydroxyl groups is 1. The van der Waals surface area contributed by atoms with Gasteiger partial charge in [0.1, 0.15) is 29.3 Å². The molecule has 218 valence electrons. The van der Waals surface area contributed by atoms with Gasteiger partial charge in [-0.3, -0.25) is 0 Å². The van der Waals surface area contributed by atoms with Crippen molar-refractivity contribution in [3.05, 3.63) is 53.1 Å². The van der Waals surface area contributed by atoms with Crippen LogP contribution in [0.25, 0.3) is 32.8 Å². The summed E-state index contributed by atoms with van der Waals surface area (Å²) in [4.78, 5) is 8.24. The van der Waals surface area contributed by atoms with E-state index in [1.54, 1.807) is 45.0 Å². The number of halogens is 5. The number of alkyl halides is 2. The molecule has 1 saturated carbocycles. The van der Waals surface area contributed by atoms with Gasteiger partial charge >= 0.3 is 6.01 Å². The lowest BCUT2D eigenvalue weighted by molar-refractivity contribution is 0.0124. The monoisotopic (exact) mass is 594 g/mol. The number of methoxy groups -OCH3 is 1. The predicted molar refractivity (Wildman–Crippen MR) is 145 cm³/mol. The quantitative estimate of drug-likeness (QED) is 0.166. The number of hydrogen-bond donors (Lipinski definition) is 1. The van der Waals surface area contributed by atoms with Crippen molar-refractivity contribution in [2.24, 2.45) is 5.41 Å². The summed E-state index contributed by atoms with van der Waals surface area (Å²) in [5, 5.41) is 10.6. The molecule has 0 amide bonds. The van der Waals surface area contributed by atoms with Crippen molar-refractivity contribution in [2.75, 3.05) is 27.1 Å². The van der Waals surface area contributed by atoms with Crippen molar-refractivity contribution >= 4 is 33.3 Å². The highest BCUT2D eigenvalue weighted by atomic mass is 35.5. The van der Waals surface area contributed by atoms with Crippen LogP contribution in [0.2, 0.25) is 5.02 Å². The Balaban J connectivity index is 1.71. The van der Waals surface area contributed by atoms with Crippen molar-refractivity contribution in [3.8, 4) is 28.8 Å². The summed E-state index contributed by atoms with van der Waals surface area (Å²) >= 11 is 6.48. The topological polar surface area (TPSA) is 82.9 Å². The maximum Gasteiger partial charge on any atom is 0.320 e. The minimum atomic E-state index is -3.12. The fourth-order valence-electron chi connectivity index (χ4n) is 4.55. The van der Waals surface area contributed by atoms with E-state index < -0.39 is 59.8 Å². The minimum Gasteiger partial charge on any atom is -0.471 e. The van der Waals surface area contributed by atoms with E-state index in [9.17, 15) is 13.9 Å². The van der Waals surface area contributed by atoms with Gasteiger partial charge in [-0.25, -0.2) is 17.6 Å². The number of benzene rings is 3. The van der Waals surface area contributed by atoms with Crippen LogP contribution in [0.1, 0.15) is 27.2 Å². The van der Waals surface area contributed by atoms with E-state index in [2.05, 4.69) is 9.97 Å². The smallest absolute Gasteiger partial charge is 0.320 e. The first-order valence-electron chi connectivity index (χ1n) is 12.6. The van der Waals surface area contributed by atoms with E-state index in [1.807, 2.05) is 0 Å². The van der Waals surface area contributed by atoms with Crippen molar-refractivity contribution in [2.45, 2.75) is 38.7 Å². The molecule has 12 heteroatoms. The molecule has 1 aliphatic carbocycles. The van der Waals surface area contributed by atoms with Gasteiger partial charge in [-0.15, -0.1) is 0 Å². The third kappa shape index (κ3) is 5.45. The molecule has 1 heterocycles. The maximum atomic E-state index is 16.4.